The number of hydrogen-bond donors (Lipinski definition) is 1. The van der Waals surface area contributed by atoms with E-state index >= 15 is 0 Å². The second-order valence-corrected chi connectivity index (χ2v) is 5.19. The highest BCUT2D eigenvalue weighted by Gasteiger charge is 2.38. The van der Waals surface area contributed by atoms with E-state index in [4.69, 9.17) is 4.74 Å². The van der Waals surface area contributed by atoms with Crippen LogP contribution in [0.1, 0.15) is 33.1 Å². The van der Waals surface area contributed by atoms with E-state index < -0.39 is 5.97 Å². The molecule has 2 aliphatic heterocycles. The standard InChI is InChI=1S/C12H21NO3/c1-8-5-6-13(11(8)12(14)15)7-10-4-3-9(2)16-10/h8-11H,3-7H2,1-2H3,(H,14,15). The van der Waals surface area contributed by atoms with Crippen molar-refractivity contribution in [3.05, 3.63) is 0 Å². The maximum absolute atomic E-state index is 11.2. The van der Waals surface area contributed by atoms with Crippen LogP contribution >= 0.6 is 0 Å². The van der Waals surface area contributed by atoms with Crippen molar-refractivity contribution in [2.24, 2.45) is 5.92 Å². The first kappa shape index (κ1) is 11.9. The molecule has 2 aliphatic rings. The van der Waals surface area contributed by atoms with Gasteiger partial charge >= 0.3 is 5.97 Å². The molecule has 0 saturated carbocycles. The highest BCUT2D eigenvalue weighted by molar-refractivity contribution is 5.74. The van der Waals surface area contributed by atoms with Crippen LogP contribution in [0.15, 0.2) is 0 Å². The molecule has 2 heterocycles. The van der Waals surface area contributed by atoms with Crippen molar-refractivity contribution < 1.29 is 14.6 Å². The molecule has 4 unspecified atom stereocenters. The summed E-state index contributed by atoms with van der Waals surface area (Å²) >= 11 is 0. The molecule has 4 nitrogen and oxygen atoms in total. The van der Waals surface area contributed by atoms with E-state index in [2.05, 4.69) is 11.8 Å². The van der Waals surface area contributed by atoms with Gasteiger partial charge in [0.25, 0.3) is 0 Å². The largest absolute Gasteiger partial charge is 0.480 e. The van der Waals surface area contributed by atoms with Gasteiger partial charge in [0.05, 0.1) is 12.2 Å². The third-order valence-electron chi connectivity index (χ3n) is 3.82. The number of aliphatic carboxylic acids is 1. The fourth-order valence-corrected chi connectivity index (χ4v) is 2.91. The third-order valence-corrected chi connectivity index (χ3v) is 3.82. The molecule has 92 valence electrons. The molecule has 0 aromatic rings. The van der Waals surface area contributed by atoms with Crippen LogP contribution in [-0.4, -0.2) is 47.3 Å². The monoisotopic (exact) mass is 227 g/mol. The lowest BCUT2D eigenvalue weighted by Crippen LogP contribution is -2.42. The molecule has 2 saturated heterocycles. The van der Waals surface area contributed by atoms with Crippen LogP contribution in [0.2, 0.25) is 0 Å². The van der Waals surface area contributed by atoms with Gasteiger partial charge in [-0.05, 0) is 38.6 Å². The van der Waals surface area contributed by atoms with Crippen LogP contribution in [0.25, 0.3) is 0 Å². The Kier molecular flexibility index (Phi) is 3.50. The number of hydrogen-bond acceptors (Lipinski definition) is 3. The van der Waals surface area contributed by atoms with Gasteiger partial charge in [-0.1, -0.05) is 6.92 Å². The number of carbonyl (C=O) groups is 1. The Morgan fingerprint density at radius 2 is 2.12 bits per heavy atom. The zero-order valence-electron chi connectivity index (χ0n) is 10.1. The Labute approximate surface area is 96.6 Å². The fraction of sp³-hybridized carbons (Fsp3) is 0.917. The Hall–Kier alpha value is -0.610. The van der Waals surface area contributed by atoms with Gasteiger partial charge in [0.1, 0.15) is 6.04 Å². The minimum atomic E-state index is -0.684. The molecule has 0 amide bonds. The summed E-state index contributed by atoms with van der Waals surface area (Å²) in [7, 11) is 0. The molecule has 2 rings (SSSR count). The highest BCUT2D eigenvalue weighted by Crippen LogP contribution is 2.27. The number of likely N-dealkylation sites (tertiary alicyclic amines) is 1. The van der Waals surface area contributed by atoms with Gasteiger partial charge in [0.2, 0.25) is 0 Å². The summed E-state index contributed by atoms with van der Waals surface area (Å²) in [5.41, 5.74) is 0. The van der Waals surface area contributed by atoms with Gasteiger partial charge in [0.15, 0.2) is 0 Å². The maximum atomic E-state index is 11.2. The lowest BCUT2D eigenvalue weighted by molar-refractivity contribution is -0.143. The van der Waals surface area contributed by atoms with Crippen molar-refractivity contribution in [2.45, 2.75) is 51.4 Å². The minimum Gasteiger partial charge on any atom is -0.480 e. The number of carboxylic acids is 1. The SMILES string of the molecule is CC1CCC(CN2CCC(C)C2C(=O)O)O1. The molecule has 0 aromatic carbocycles. The van der Waals surface area contributed by atoms with E-state index in [0.717, 1.165) is 32.4 Å². The Balaban J connectivity index is 1.91. The molecule has 0 bridgehead atoms. The van der Waals surface area contributed by atoms with Crippen molar-refractivity contribution in [3.63, 3.8) is 0 Å². The first-order chi connectivity index (χ1) is 7.58. The van der Waals surface area contributed by atoms with Gasteiger partial charge in [0, 0.05) is 6.54 Å². The lowest BCUT2D eigenvalue weighted by atomic mass is 10.0. The van der Waals surface area contributed by atoms with Crippen molar-refractivity contribution in [3.8, 4) is 0 Å². The van der Waals surface area contributed by atoms with Crippen molar-refractivity contribution in [1.29, 1.82) is 0 Å². The molecule has 1 N–H and O–H groups in total. The maximum Gasteiger partial charge on any atom is 0.321 e. The molecule has 0 aliphatic carbocycles. The molecule has 16 heavy (non-hydrogen) atoms. The minimum absolute atomic E-state index is 0.238. The number of carboxylic acid groups (broad SMARTS) is 1. The predicted molar refractivity (Wildman–Crippen MR) is 60.3 cm³/mol. The highest BCUT2D eigenvalue weighted by atomic mass is 16.5. The summed E-state index contributed by atoms with van der Waals surface area (Å²) in [6.07, 6.45) is 3.74. The molecule has 0 aromatic heterocycles. The zero-order chi connectivity index (χ0) is 11.7. The van der Waals surface area contributed by atoms with E-state index in [1.54, 1.807) is 0 Å². The third kappa shape index (κ3) is 2.38. The number of rotatable bonds is 3. The molecular formula is C12H21NO3. The van der Waals surface area contributed by atoms with E-state index in [-0.39, 0.29) is 18.1 Å². The average Bonchev–Trinajstić information content (AvgIpc) is 2.74. The second kappa shape index (κ2) is 4.72. The van der Waals surface area contributed by atoms with Crippen LogP contribution in [-0.2, 0) is 9.53 Å². The van der Waals surface area contributed by atoms with Crippen LogP contribution in [0.5, 0.6) is 0 Å². The van der Waals surface area contributed by atoms with E-state index in [9.17, 15) is 9.90 Å². The van der Waals surface area contributed by atoms with E-state index in [0.29, 0.717) is 6.10 Å². The smallest absolute Gasteiger partial charge is 0.321 e. The quantitative estimate of drug-likeness (QED) is 0.790. The first-order valence-corrected chi connectivity index (χ1v) is 6.20. The summed E-state index contributed by atoms with van der Waals surface area (Å²) in [5, 5.41) is 9.20. The predicted octanol–water partition coefficient (Wildman–Crippen LogP) is 1.35. The molecule has 0 radical (unpaired) electrons. The Morgan fingerprint density at radius 1 is 1.38 bits per heavy atom. The zero-order valence-corrected chi connectivity index (χ0v) is 10.1. The first-order valence-electron chi connectivity index (χ1n) is 6.20. The van der Waals surface area contributed by atoms with Gasteiger partial charge in [-0.3, -0.25) is 9.69 Å². The lowest BCUT2D eigenvalue weighted by Gasteiger charge is -2.25. The fourth-order valence-electron chi connectivity index (χ4n) is 2.91. The summed E-state index contributed by atoms with van der Waals surface area (Å²) < 4.78 is 5.75. The summed E-state index contributed by atoms with van der Waals surface area (Å²) in [5.74, 6) is -0.424. The molecule has 4 heteroatoms. The Morgan fingerprint density at radius 3 is 2.69 bits per heavy atom. The normalized spacial score (nSPS) is 40.4. The second-order valence-electron chi connectivity index (χ2n) is 5.19. The Bertz CT molecular complexity index is 269. The van der Waals surface area contributed by atoms with Gasteiger partial charge in [-0.2, -0.15) is 0 Å². The van der Waals surface area contributed by atoms with Crippen LogP contribution in [0.4, 0.5) is 0 Å². The van der Waals surface area contributed by atoms with Crippen LogP contribution in [0.3, 0.4) is 0 Å². The van der Waals surface area contributed by atoms with Crippen molar-refractivity contribution >= 4 is 5.97 Å². The van der Waals surface area contributed by atoms with Gasteiger partial charge in [-0.15, -0.1) is 0 Å². The van der Waals surface area contributed by atoms with Crippen molar-refractivity contribution in [2.75, 3.05) is 13.1 Å². The summed E-state index contributed by atoms with van der Waals surface area (Å²) in [6, 6.07) is -0.306. The average molecular weight is 227 g/mol. The molecule has 4 atom stereocenters. The number of ether oxygens (including phenoxy) is 1. The van der Waals surface area contributed by atoms with Gasteiger partial charge < -0.3 is 9.84 Å². The molecule has 0 spiro atoms. The van der Waals surface area contributed by atoms with E-state index in [1.165, 1.54) is 0 Å². The van der Waals surface area contributed by atoms with Crippen LogP contribution < -0.4 is 0 Å². The van der Waals surface area contributed by atoms with Gasteiger partial charge in [-0.25, -0.2) is 0 Å². The molecule has 2 fully saturated rings. The number of nitrogens with zero attached hydrogens (tertiary/aromatic N) is 1. The van der Waals surface area contributed by atoms with Crippen molar-refractivity contribution in [1.82, 2.24) is 4.90 Å². The summed E-state index contributed by atoms with van der Waals surface area (Å²) in [6.45, 7) is 5.79. The summed E-state index contributed by atoms with van der Waals surface area (Å²) in [4.78, 5) is 13.3. The van der Waals surface area contributed by atoms with Crippen LogP contribution in [0, 0.1) is 5.92 Å². The molecular weight excluding hydrogens is 206 g/mol. The van der Waals surface area contributed by atoms with E-state index in [1.807, 2.05) is 6.92 Å². The topological polar surface area (TPSA) is 49.8 Å².